The number of nitrogens with one attached hydrogen (secondary N) is 1. The molecular formula is C17H21N5OS. The van der Waals surface area contributed by atoms with E-state index in [2.05, 4.69) is 16.2 Å². The summed E-state index contributed by atoms with van der Waals surface area (Å²) in [5, 5.41) is 4.80. The van der Waals surface area contributed by atoms with Gasteiger partial charge in [0, 0.05) is 31.3 Å². The van der Waals surface area contributed by atoms with Gasteiger partial charge in [-0.3, -0.25) is 0 Å². The zero-order chi connectivity index (χ0) is 16.4. The van der Waals surface area contributed by atoms with E-state index in [1.807, 2.05) is 40.7 Å². The van der Waals surface area contributed by atoms with Gasteiger partial charge in [-0.2, -0.15) is 16.4 Å². The minimum Gasteiger partial charge on any atom is -0.381 e. The molecule has 1 saturated heterocycles. The van der Waals surface area contributed by atoms with Gasteiger partial charge in [-0.25, -0.2) is 9.97 Å². The molecule has 0 radical (unpaired) electrons. The number of para-hydroxylation sites is 2. The summed E-state index contributed by atoms with van der Waals surface area (Å²) in [6, 6.07) is 8.04. The van der Waals surface area contributed by atoms with E-state index in [4.69, 9.17) is 14.8 Å². The maximum absolute atomic E-state index is 5.46. The Bertz CT molecular complexity index is 788. The molecule has 126 valence electrons. The Balaban J connectivity index is 1.72. The SMILES string of the molecule is CSCCc1nc(C2CCOCC2)nn1-c1nc2ccccc2[nH]1. The number of aryl methyl sites for hydroxylation is 1. The third kappa shape index (κ3) is 3.06. The molecule has 3 aromatic rings. The predicted molar refractivity (Wildman–Crippen MR) is 95.9 cm³/mol. The Hall–Kier alpha value is -1.86. The van der Waals surface area contributed by atoms with Crippen molar-refractivity contribution in [3.63, 3.8) is 0 Å². The summed E-state index contributed by atoms with van der Waals surface area (Å²) in [7, 11) is 0. The summed E-state index contributed by atoms with van der Waals surface area (Å²) in [6.45, 7) is 1.59. The van der Waals surface area contributed by atoms with E-state index in [1.54, 1.807) is 0 Å². The largest absolute Gasteiger partial charge is 0.381 e. The molecule has 0 atom stereocenters. The van der Waals surface area contributed by atoms with E-state index in [1.165, 1.54) is 0 Å². The number of hydrogen-bond donors (Lipinski definition) is 1. The Kier molecular flexibility index (Phi) is 4.53. The van der Waals surface area contributed by atoms with Gasteiger partial charge >= 0.3 is 0 Å². The summed E-state index contributed by atoms with van der Waals surface area (Å²) < 4.78 is 7.35. The van der Waals surface area contributed by atoms with E-state index in [-0.39, 0.29) is 0 Å². The molecule has 24 heavy (non-hydrogen) atoms. The highest BCUT2D eigenvalue weighted by atomic mass is 32.2. The molecule has 0 spiro atoms. The van der Waals surface area contributed by atoms with Crippen LogP contribution in [0.25, 0.3) is 17.0 Å². The first-order valence-electron chi connectivity index (χ1n) is 8.33. The van der Waals surface area contributed by atoms with E-state index in [9.17, 15) is 0 Å². The van der Waals surface area contributed by atoms with Crippen LogP contribution in [0.5, 0.6) is 0 Å². The van der Waals surface area contributed by atoms with Gasteiger partial charge in [0.05, 0.1) is 11.0 Å². The molecule has 1 fully saturated rings. The normalized spacial score (nSPS) is 16.0. The number of aromatic amines is 1. The third-order valence-corrected chi connectivity index (χ3v) is 5.00. The molecule has 7 heteroatoms. The lowest BCUT2D eigenvalue weighted by Crippen LogP contribution is -2.15. The van der Waals surface area contributed by atoms with Crippen LogP contribution in [-0.2, 0) is 11.2 Å². The van der Waals surface area contributed by atoms with E-state index < -0.39 is 0 Å². The van der Waals surface area contributed by atoms with Gasteiger partial charge in [-0.05, 0) is 31.2 Å². The molecule has 0 bridgehead atoms. The number of hydrogen-bond acceptors (Lipinski definition) is 5. The fraction of sp³-hybridized carbons (Fsp3) is 0.471. The topological polar surface area (TPSA) is 68.6 Å². The maximum atomic E-state index is 5.46. The number of fused-ring (bicyclic) bond motifs is 1. The van der Waals surface area contributed by atoms with Gasteiger partial charge in [0.2, 0.25) is 5.95 Å². The van der Waals surface area contributed by atoms with E-state index in [0.29, 0.717) is 5.92 Å². The van der Waals surface area contributed by atoms with Gasteiger partial charge in [0.1, 0.15) is 5.82 Å². The zero-order valence-corrected chi connectivity index (χ0v) is 14.6. The molecule has 4 rings (SSSR count). The van der Waals surface area contributed by atoms with Crippen molar-refractivity contribution in [1.82, 2.24) is 24.7 Å². The van der Waals surface area contributed by atoms with Crippen LogP contribution >= 0.6 is 11.8 Å². The van der Waals surface area contributed by atoms with Gasteiger partial charge in [-0.15, -0.1) is 5.10 Å². The summed E-state index contributed by atoms with van der Waals surface area (Å²) in [4.78, 5) is 12.9. The fourth-order valence-electron chi connectivity index (χ4n) is 3.06. The lowest BCUT2D eigenvalue weighted by molar-refractivity contribution is 0.0836. The van der Waals surface area contributed by atoms with Crippen molar-refractivity contribution in [3.05, 3.63) is 35.9 Å². The van der Waals surface area contributed by atoms with Crippen LogP contribution in [0.15, 0.2) is 24.3 Å². The molecule has 1 aliphatic rings. The minimum atomic E-state index is 0.386. The van der Waals surface area contributed by atoms with Gasteiger partial charge in [-0.1, -0.05) is 12.1 Å². The summed E-state index contributed by atoms with van der Waals surface area (Å²) in [6.07, 6.45) is 4.98. The number of imidazole rings is 1. The third-order valence-electron chi connectivity index (χ3n) is 4.38. The Morgan fingerprint density at radius 1 is 1.25 bits per heavy atom. The molecule has 3 heterocycles. The van der Waals surface area contributed by atoms with Crippen molar-refractivity contribution in [2.75, 3.05) is 25.2 Å². The predicted octanol–water partition coefficient (Wildman–Crippen LogP) is 2.94. The van der Waals surface area contributed by atoms with Crippen LogP contribution in [0.2, 0.25) is 0 Å². The summed E-state index contributed by atoms with van der Waals surface area (Å²) >= 11 is 1.82. The minimum absolute atomic E-state index is 0.386. The molecule has 0 aliphatic carbocycles. The number of aromatic nitrogens is 5. The number of benzene rings is 1. The zero-order valence-electron chi connectivity index (χ0n) is 13.7. The molecule has 6 nitrogen and oxygen atoms in total. The van der Waals surface area contributed by atoms with Crippen LogP contribution in [0.3, 0.4) is 0 Å². The highest BCUT2D eigenvalue weighted by Crippen LogP contribution is 2.25. The lowest BCUT2D eigenvalue weighted by atomic mass is 10.00. The average Bonchev–Trinajstić information content (AvgIpc) is 3.24. The molecule has 2 aromatic heterocycles. The Labute approximate surface area is 145 Å². The van der Waals surface area contributed by atoms with Gasteiger partial charge < -0.3 is 9.72 Å². The van der Waals surface area contributed by atoms with Crippen molar-refractivity contribution in [2.45, 2.75) is 25.2 Å². The maximum Gasteiger partial charge on any atom is 0.230 e. The van der Waals surface area contributed by atoms with Gasteiger partial charge in [0.25, 0.3) is 0 Å². The molecular weight excluding hydrogens is 322 g/mol. The second kappa shape index (κ2) is 6.94. The highest BCUT2D eigenvalue weighted by molar-refractivity contribution is 7.98. The quantitative estimate of drug-likeness (QED) is 0.771. The highest BCUT2D eigenvalue weighted by Gasteiger charge is 2.23. The van der Waals surface area contributed by atoms with Crippen LogP contribution in [-0.4, -0.2) is 50.0 Å². The number of thioether (sulfide) groups is 1. The van der Waals surface area contributed by atoms with Gasteiger partial charge in [0.15, 0.2) is 5.82 Å². The van der Waals surface area contributed by atoms with Crippen LogP contribution < -0.4 is 0 Å². The first kappa shape index (κ1) is 15.7. The number of H-pyrrole nitrogens is 1. The Morgan fingerprint density at radius 3 is 2.88 bits per heavy atom. The van der Waals surface area contributed by atoms with Crippen molar-refractivity contribution in [1.29, 1.82) is 0 Å². The van der Waals surface area contributed by atoms with Crippen molar-refractivity contribution in [3.8, 4) is 5.95 Å². The standard InChI is InChI=1S/C17H21N5OS/c1-24-11-8-15-20-16(12-6-9-23-10-7-12)21-22(15)17-18-13-4-2-3-5-14(13)19-17/h2-5,12H,6-11H2,1H3,(H,18,19). The first-order valence-corrected chi connectivity index (χ1v) is 9.72. The van der Waals surface area contributed by atoms with Crippen LogP contribution in [0.4, 0.5) is 0 Å². The van der Waals surface area contributed by atoms with Crippen LogP contribution in [0.1, 0.15) is 30.4 Å². The number of ether oxygens (including phenoxy) is 1. The summed E-state index contributed by atoms with van der Waals surface area (Å²) in [5.74, 6) is 4.06. The summed E-state index contributed by atoms with van der Waals surface area (Å²) in [5.41, 5.74) is 1.97. The second-order valence-electron chi connectivity index (χ2n) is 6.01. The van der Waals surface area contributed by atoms with Crippen molar-refractivity contribution in [2.24, 2.45) is 0 Å². The molecule has 1 aliphatic heterocycles. The average molecular weight is 343 g/mol. The number of nitrogens with zero attached hydrogens (tertiary/aromatic N) is 4. The second-order valence-corrected chi connectivity index (χ2v) is 6.99. The molecule has 1 N–H and O–H groups in total. The van der Waals surface area contributed by atoms with Crippen molar-refractivity contribution >= 4 is 22.8 Å². The van der Waals surface area contributed by atoms with Crippen molar-refractivity contribution < 1.29 is 4.74 Å². The molecule has 1 aromatic carbocycles. The monoisotopic (exact) mass is 343 g/mol. The molecule has 0 unspecified atom stereocenters. The Morgan fingerprint density at radius 2 is 2.08 bits per heavy atom. The smallest absolute Gasteiger partial charge is 0.230 e. The number of rotatable bonds is 5. The molecule has 0 amide bonds. The van der Waals surface area contributed by atoms with E-state index >= 15 is 0 Å². The lowest BCUT2D eigenvalue weighted by Gasteiger charge is -2.18. The fourth-order valence-corrected chi connectivity index (χ4v) is 3.44. The first-order chi connectivity index (χ1) is 11.8. The van der Waals surface area contributed by atoms with Crippen LogP contribution in [0, 0.1) is 0 Å². The van der Waals surface area contributed by atoms with E-state index in [0.717, 1.165) is 66.9 Å². The molecule has 0 saturated carbocycles.